The van der Waals surface area contributed by atoms with Crippen LogP contribution in [0.25, 0.3) is 0 Å². The normalized spacial score (nSPS) is 12.2. The highest BCUT2D eigenvalue weighted by Gasteiger charge is 2.11. The minimum Gasteiger partial charge on any atom is -0.497 e. The third-order valence-corrected chi connectivity index (χ3v) is 5.22. The van der Waals surface area contributed by atoms with Crippen molar-refractivity contribution in [2.75, 3.05) is 7.11 Å². The van der Waals surface area contributed by atoms with Crippen molar-refractivity contribution in [1.29, 1.82) is 0 Å². The molecule has 2 aromatic rings. The summed E-state index contributed by atoms with van der Waals surface area (Å²) in [5.74, 6) is 1.71. The lowest BCUT2D eigenvalue weighted by Crippen LogP contribution is -2.21. The van der Waals surface area contributed by atoms with Crippen LogP contribution in [0.4, 0.5) is 0 Å². The van der Waals surface area contributed by atoms with Crippen LogP contribution in [0.5, 0.6) is 11.5 Å². The van der Waals surface area contributed by atoms with Crippen molar-refractivity contribution in [3.05, 3.63) is 44.6 Å². The molecule has 0 amide bonds. The monoisotopic (exact) mass is 369 g/mol. The number of ether oxygens (including phenoxy) is 2. The molecular weight excluding hydrogens is 350 g/mol. The van der Waals surface area contributed by atoms with Crippen molar-refractivity contribution in [3.63, 3.8) is 0 Å². The van der Waals surface area contributed by atoms with E-state index in [4.69, 9.17) is 15.2 Å². The molecule has 0 aliphatic rings. The maximum Gasteiger partial charge on any atom is 0.124 e. The molecule has 2 rings (SSSR count). The van der Waals surface area contributed by atoms with Crippen LogP contribution in [0.15, 0.2) is 34.1 Å². The zero-order valence-electron chi connectivity index (χ0n) is 12.3. The smallest absolute Gasteiger partial charge is 0.124 e. The summed E-state index contributed by atoms with van der Waals surface area (Å²) in [4.78, 5) is 1.18. The molecular formula is C16H20BrNO2S. The molecule has 114 valence electrons. The van der Waals surface area contributed by atoms with E-state index in [0.717, 1.165) is 34.4 Å². The number of nitrogens with two attached hydrogens (primary N) is 1. The van der Waals surface area contributed by atoms with Crippen LogP contribution in [0.3, 0.4) is 0 Å². The quantitative estimate of drug-likeness (QED) is 0.787. The number of rotatable bonds is 7. The summed E-state index contributed by atoms with van der Waals surface area (Å²) in [6.45, 7) is 2.65. The zero-order valence-corrected chi connectivity index (χ0v) is 14.7. The van der Waals surface area contributed by atoms with E-state index in [1.54, 1.807) is 18.4 Å². The molecule has 0 fully saturated rings. The van der Waals surface area contributed by atoms with Crippen LogP contribution in [0, 0.1) is 0 Å². The fraction of sp³-hybridized carbons (Fsp3) is 0.375. The molecule has 0 aliphatic heterocycles. The fourth-order valence-electron chi connectivity index (χ4n) is 1.98. The zero-order chi connectivity index (χ0) is 15.2. The van der Waals surface area contributed by atoms with Crippen molar-refractivity contribution >= 4 is 27.3 Å². The lowest BCUT2D eigenvalue weighted by Gasteiger charge is -2.15. The minimum absolute atomic E-state index is 0.132. The van der Waals surface area contributed by atoms with Gasteiger partial charge in [-0.1, -0.05) is 6.92 Å². The van der Waals surface area contributed by atoms with Gasteiger partial charge in [-0.05, 0) is 64.0 Å². The predicted octanol–water partition coefficient (Wildman–Crippen LogP) is 4.38. The van der Waals surface area contributed by atoms with Crippen LogP contribution in [0.1, 0.15) is 23.8 Å². The van der Waals surface area contributed by atoms with Crippen LogP contribution < -0.4 is 15.2 Å². The highest BCUT2D eigenvalue weighted by atomic mass is 79.9. The highest BCUT2D eigenvalue weighted by Crippen LogP contribution is 2.29. The first-order valence-corrected chi connectivity index (χ1v) is 8.58. The number of halogens is 1. The number of hydrogen-bond acceptors (Lipinski definition) is 4. The molecule has 1 unspecified atom stereocenters. The Balaban J connectivity index is 2.15. The first kappa shape index (κ1) is 16.3. The van der Waals surface area contributed by atoms with E-state index >= 15 is 0 Å². The molecule has 0 saturated carbocycles. The third-order valence-electron chi connectivity index (χ3n) is 3.32. The molecule has 2 N–H and O–H groups in total. The van der Waals surface area contributed by atoms with Gasteiger partial charge in [0.2, 0.25) is 0 Å². The average Bonchev–Trinajstić information content (AvgIpc) is 2.91. The van der Waals surface area contributed by atoms with Crippen LogP contribution in [-0.4, -0.2) is 13.2 Å². The van der Waals surface area contributed by atoms with Gasteiger partial charge in [0.25, 0.3) is 0 Å². The Bertz CT molecular complexity index is 585. The predicted molar refractivity (Wildman–Crippen MR) is 91.3 cm³/mol. The molecule has 0 aliphatic carbocycles. The van der Waals surface area contributed by atoms with Gasteiger partial charge in [-0.2, -0.15) is 0 Å². The first-order valence-electron chi connectivity index (χ1n) is 6.91. The maximum absolute atomic E-state index is 6.08. The van der Waals surface area contributed by atoms with E-state index < -0.39 is 0 Å². The van der Waals surface area contributed by atoms with E-state index in [-0.39, 0.29) is 6.04 Å². The summed E-state index contributed by atoms with van der Waals surface area (Å²) >= 11 is 5.20. The van der Waals surface area contributed by atoms with Crippen LogP contribution in [0.2, 0.25) is 0 Å². The fourth-order valence-corrected chi connectivity index (χ4v) is 3.36. The highest BCUT2D eigenvalue weighted by molar-refractivity contribution is 9.10. The summed E-state index contributed by atoms with van der Waals surface area (Å²) in [7, 11) is 1.67. The van der Waals surface area contributed by atoms with Gasteiger partial charge >= 0.3 is 0 Å². The van der Waals surface area contributed by atoms with Gasteiger partial charge in [-0.3, -0.25) is 0 Å². The average molecular weight is 370 g/mol. The van der Waals surface area contributed by atoms with E-state index in [0.29, 0.717) is 6.61 Å². The van der Waals surface area contributed by atoms with E-state index in [1.165, 1.54) is 4.88 Å². The summed E-state index contributed by atoms with van der Waals surface area (Å²) in [5, 5.41) is 2.05. The van der Waals surface area contributed by atoms with E-state index in [9.17, 15) is 0 Å². The van der Waals surface area contributed by atoms with Crippen molar-refractivity contribution in [3.8, 4) is 11.5 Å². The Morgan fingerprint density at radius 1 is 1.33 bits per heavy atom. The van der Waals surface area contributed by atoms with Crippen LogP contribution >= 0.6 is 27.3 Å². The number of benzene rings is 1. The topological polar surface area (TPSA) is 44.5 Å². The number of thiophene rings is 1. The van der Waals surface area contributed by atoms with Gasteiger partial charge in [-0.25, -0.2) is 0 Å². The molecule has 0 spiro atoms. The molecule has 1 heterocycles. The Hall–Kier alpha value is -1.04. The molecule has 1 aromatic carbocycles. The van der Waals surface area contributed by atoms with Crippen molar-refractivity contribution in [1.82, 2.24) is 0 Å². The molecule has 5 heteroatoms. The second-order valence-electron chi connectivity index (χ2n) is 4.83. The Morgan fingerprint density at radius 2 is 2.14 bits per heavy atom. The lowest BCUT2D eigenvalue weighted by atomic mass is 10.0. The van der Waals surface area contributed by atoms with E-state index in [1.807, 2.05) is 29.6 Å². The molecule has 0 saturated heterocycles. The van der Waals surface area contributed by atoms with Gasteiger partial charge < -0.3 is 15.2 Å². The summed E-state index contributed by atoms with van der Waals surface area (Å²) in [6.07, 6.45) is 1.72. The van der Waals surface area contributed by atoms with Gasteiger partial charge in [0, 0.05) is 10.5 Å². The van der Waals surface area contributed by atoms with Crippen molar-refractivity contribution in [2.24, 2.45) is 5.73 Å². The summed E-state index contributed by atoms with van der Waals surface area (Å²) in [5.41, 5.74) is 7.17. The molecule has 3 nitrogen and oxygen atoms in total. The molecule has 1 aromatic heterocycles. The Labute approximate surface area is 138 Å². The molecule has 21 heavy (non-hydrogen) atoms. The second kappa shape index (κ2) is 7.82. The summed E-state index contributed by atoms with van der Waals surface area (Å²) in [6, 6.07) is 8.05. The maximum atomic E-state index is 6.08. The Morgan fingerprint density at radius 3 is 2.76 bits per heavy atom. The van der Waals surface area contributed by atoms with Gasteiger partial charge in [-0.15, -0.1) is 11.3 Å². The molecule has 0 bridgehead atoms. The summed E-state index contributed by atoms with van der Waals surface area (Å²) < 4.78 is 12.4. The third kappa shape index (κ3) is 4.46. The van der Waals surface area contributed by atoms with Gasteiger partial charge in [0.15, 0.2) is 0 Å². The largest absolute Gasteiger partial charge is 0.497 e. The van der Waals surface area contributed by atoms with Crippen molar-refractivity contribution < 1.29 is 9.47 Å². The van der Waals surface area contributed by atoms with Gasteiger partial charge in [0.1, 0.15) is 18.1 Å². The number of methoxy groups -OCH3 is 1. The van der Waals surface area contributed by atoms with Gasteiger partial charge in [0.05, 0.1) is 12.0 Å². The number of hydrogen-bond donors (Lipinski definition) is 1. The molecule has 1 atom stereocenters. The van der Waals surface area contributed by atoms with Crippen LogP contribution in [-0.2, 0) is 13.0 Å². The first-order chi connectivity index (χ1) is 10.1. The minimum atomic E-state index is 0.132. The van der Waals surface area contributed by atoms with Crippen molar-refractivity contribution in [2.45, 2.75) is 32.4 Å². The SMILES string of the molecule is CCC(N)Cc1cc(OC)ccc1OCc1sccc1Br. The second-order valence-corrected chi connectivity index (χ2v) is 6.68. The molecule has 0 radical (unpaired) electrons. The Kier molecular flexibility index (Phi) is 6.08. The standard InChI is InChI=1S/C16H20BrNO2S/c1-3-12(18)8-11-9-13(19-2)4-5-15(11)20-10-16-14(17)6-7-21-16/h4-7,9,12H,3,8,10,18H2,1-2H3. The van der Waals surface area contributed by atoms with E-state index in [2.05, 4.69) is 22.9 Å². The lowest BCUT2D eigenvalue weighted by molar-refractivity contribution is 0.304.